The van der Waals surface area contributed by atoms with Gasteiger partial charge in [0.25, 0.3) is 0 Å². The summed E-state index contributed by atoms with van der Waals surface area (Å²) in [5.41, 5.74) is 0. The Kier molecular flexibility index (Phi) is 7.39. The predicted molar refractivity (Wildman–Crippen MR) is 64.8 cm³/mol. The number of nitrogens with zero attached hydrogens (tertiary/aromatic N) is 1. The molecule has 3 heteroatoms. The number of hydrogen-bond donors (Lipinski definition) is 1. The summed E-state index contributed by atoms with van der Waals surface area (Å²) >= 11 is 0. The summed E-state index contributed by atoms with van der Waals surface area (Å²) in [6.07, 6.45) is 1.13. The first-order chi connectivity index (χ1) is 6.97. The molecule has 0 aromatic heterocycles. The number of amides is 1. The summed E-state index contributed by atoms with van der Waals surface area (Å²) in [6, 6.07) is 0.548. The van der Waals surface area contributed by atoms with Crippen molar-refractivity contribution in [1.82, 2.24) is 10.2 Å². The van der Waals surface area contributed by atoms with Crippen molar-refractivity contribution in [3.63, 3.8) is 0 Å². The molecule has 3 nitrogen and oxygen atoms in total. The van der Waals surface area contributed by atoms with Crippen molar-refractivity contribution in [1.29, 1.82) is 0 Å². The van der Waals surface area contributed by atoms with E-state index in [2.05, 4.69) is 26.1 Å². The van der Waals surface area contributed by atoms with Crippen molar-refractivity contribution < 1.29 is 4.79 Å². The number of rotatable bonds is 7. The van der Waals surface area contributed by atoms with Crippen molar-refractivity contribution in [2.45, 2.75) is 47.1 Å². The quantitative estimate of drug-likeness (QED) is 0.702. The van der Waals surface area contributed by atoms with Crippen LogP contribution in [0, 0.1) is 5.92 Å². The van der Waals surface area contributed by atoms with Crippen molar-refractivity contribution in [3.8, 4) is 0 Å². The average molecular weight is 214 g/mol. The molecule has 0 saturated carbocycles. The highest BCUT2D eigenvalue weighted by Crippen LogP contribution is 2.04. The minimum atomic E-state index is 0.182. The van der Waals surface area contributed by atoms with Gasteiger partial charge in [0.05, 0.1) is 0 Å². The van der Waals surface area contributed by atoms with Gasteiger partial charge < -0.3 is 10.2 Å². The summed E-state index contributed by atoms with van der Waals surface area (Å²) in [5, 5.41) is 3.39. The highest BCUT2D eigenvalue weighted by atomic mass is 16.2. The number of nitrogens with one attached hydrogen (secondary N) is 1. The first-order valence-electron chi connectivity index (χ1n) is 5.96. The van der Waals surface area contributed by atoms with Crippen LogP contribution in [0.2, 0.25) is 0 Å². The molecular weight excluding hydrogens is 188 g/mol. The topological polar surface area (TPSA) is 32.3 Å². The molecule has 0 aliphatic heterocycles. The van der Waals surface area contributed by atoms with E-state index < -0.39 is 0 Å². The van der Waals surface area contributed by atoms with Crippen molar-refractivity contribution in [2.24, 2.45) is 5.92 Å². The molecule has 0 heterocycles. The van der Waals surface area contributed by atoms with Crippen LogP contribution in [0.1, 0.15) is 41.0 Å². The van der Waals surface area contributed by atoms with Crippen LogP contribution in [0.3, 0.4) is 0 Å². The van der Waals surface area contributed by atoms with Gasteiger partial charge in [0.15, 0.2) is 0 Å². The molecule has 15 heavy (non-hydrogen) atoms. The Bertz CT molecular complexity index is 180. The van der Waals surface area contributed by atoms with Gasteiger partial charge in [0.2, 0.25) is 5.91 Å². The smallest absolute Gasteiger partial charge is 0.219 e. The molecule has 1 atom stereocenters. The predicted octanol–water partition coefficient (Wildman–Crippen LogP) is 1.88. The maximum absolute atomic E-state index is 11.2. The zero-order valence-corrected chi connectivity index (χ0v) is 10.8. The summed E-state index contributed by atoms with van der Waals surface area (Å²) in [5.74, 6) is 0.751. The maximum Gasteiger partial charge on any atom is 0.219 e. The fourth-order valence-corrected chi connectivity index (χ4v) is 1.57. The normalized spacial score (nSPS) is 12.9. The van der Waals surface area contributed by atoms with Gasteiger partial charge in [0, 0.05) is 26.1 Å². The SMILES string of the molecule is CCN(CC(C)CCNC(C)C)C(C)=O. The second-order valence-corrected chi connectivity index (χ2v) is 4.56. The third-order valence-electron chi connectivity index (χ3n) is 2.55. The third kappa shape index (κ3) is 7.37. The minimum Gasteiger partial charge on any atom is -0.343 e. The van der Waals surface area contributed by atoms with E-state index in [0.717, 1.165) is 26.1 Å². The maximum atomic E-state index is 11.2. The Balaban J connectivity index is 3.71. The molecule has 1 amide bonds. The highest BCUT2D eigenvalue weighted by Gasteiger charge is 2.10. The van der Waals surface area contributed by atoms with E-state index in [-0.39, 0.29) is 5.91 Å². The molecule has 0 aromatic carbocycles. The van der Waals surface area contributed by atoms with Crippen LogP contribution in [0.5, 0.6) is 0 Å². The summed E-state index contributed by atoms with van der Waals surface area (Å²) in [6.45, 7) is 12.9. The Morgan fingerprint density at radius 2 is 1.93 bits per heavy atom. The molecule has 1 N–H and O–H groups in total. The molecule has 0 aliphatic carbocycles. The standard InChI is InChI=1S/C12H26N2O/c1-6-14(12(5)15)9-11(4)7-8-13-10(2)3/h10-11,13H,6-9H2,1-5H3. The van der Waals surface area contributed by atoms with Crippen molar-refractivity contribution >= 4 is 5.91 Å². The Morgan fingerprint density at radius 1 is 1.33 bits per heavy atom. The van der Waals surface area contributed by atoms with E-state index in [1.54, 1.807) is 6.92 Å². The zero-order chi connectivity index (χ0) is 11.8. The lowest BCUT2D eigenvalue weighted by molar-refractivity contribution is -0.129. The molecule has 0 aromatic rings. The molecule has 0 aliphatic rings. The second-order valence-electron chi connectivity index (χ2n) is 4.56. The largest absolute Gasteiger partial charge is 0.343 e. The van der Waals surface area contributed by atoms with Crippen LogP contribution >= 0.6 is 0 Å². The lowest BCUT2D eigenvalue weighted by Crippen LogP contribution is -2.34. The molecule has 0 radical (unpaired) electrons. The number of carbonyl (C=O) groups excluding carboxylic acids is 1. The summed E-state index contributed by atoms with van der Waals surface area (Å²) < 4.78 is 0. The lowest BCUT2D eigenvalue weighted by Gasteiger charge is -2.23. The van der Waals surface area contributed by atoms with Crippen molar-refractivity contribution in [3.05, 3.63) is 0 Å². The van der Waals surface area contributed by atoms with Gasteiger partial charge in [-0.15, -0.1) is 0 Å². The molecule has 90 valence electrons. The molecule has 0 bridgehead atoms. The second kappa shape index (κ2) is 7.69. The van der Waals surface area contributed by atoms with Crippen LogP contribution in [-0.2, 0) is 4.79 Å². The molecular formula is C12H26N2O. The number of hydrogen-bond acceptors (Lipinski definition) is 2. The lowest BCUT2D eigenvalue weighted by atomic mass is 10.1. The van der Waals surface area contributed by atoms with E-state index >= 15 is 0 Å². The third-order valence-corrected chi connectivity index (χ3v) is 2.55. The van der Waals surface area contributed by atoms with Gasteiger partial charge in [-0.05, 0) is 25.8 Å². The molecule has 0 fully saturated rings. The van der Waals surface area contributed by atoms with Crippen LogP contribution in [0.25, 0.3) is 0 Å². The first kappa shape index (κ1) is 14.4. The Labute approximate surface area is 94.2 Å². The Hall–Kier alpha value is -0.570. The van der Waals surface area contributed by atoms with Gasteiger partial charge in [-0.1, -0.05) is 20.8 Å². The molecule has 0 rings (SSSR count). The van der Waals surface area contributed by atoms with Gasteiger partial charge in [-0.3, -0.25) is 4.79 Å². The monoisotopic (exact) mass is 214 g/mol. The molecule has 0 saturated heterocycles. The average Bonchev–Trinajstić information content (AvgIpc) is 2.13. The van der Waals surface area contributed by atoms with Crippen molar-refractivity contribution in [2.75, 3.05) is 19.6 Å². The fourth-order valence-electron chi connectivity index (χ4n) is 1.57. The van der Waals surface area contributed by atoms with Gasteiger partial charge in [-0.2, -0.15) is 0 Å². The van der Waals surface area contributed by atoms with Crippen LogP contribution in [0.4, 0.5) is 0 Å². The molecule has 1 unspecified atom stereocenters. The fraction of sp³-hybridized carbons (Fsp3) is 0.917. The number of carbonyl (C=O) groups is 1. The van der Waals surface area contributed by atoms with Gasteiger partial charge >= 0.3 is 0 Å². The minimum absolute atomic E-state index is 0.182. The summed E-state index contributed by atoms with van der Waals surface area (Å²) in [7, 11) is 0. The highest BCUT2D eigenvalue weighted by molar-refractivity contribution is 5.73. The first-order valence-corrected chi connectivity index (χ1v) is 5.96. The van der Waals surface area contributed by atoms with E-state index in [4.69, 9.17) is 0 Å². The summed E-state index contributed by atoms with van der Waals surface area (Å²) in [4.78, 5) is 13.1. The van der Waals surface area contributed by atoms with E-state index in [9.17, 15) is 4.79 Å². The molecule has 0 spiro atoms. The van der Waals surface area contributed by atoms with Crippen LogP contribution < -0.4 is 5.32 Å². The van der Waals surface area contributed by atoms with Crippen LogP contribution in [-0.4, -0.2) is 36.5 Å². The zero-order valence-electron chi connectivity index (χ0n) is 10.8. The van der Waals surface area contributed by atoms with Gasteiger partial charge in [-0.25, -0.2) is 0 Å². The van der Waals surface area contributed by atoms with E-state index in [1.807, 2.05) is 11.8 Å². The van der Waals surface area contributed by atoms with E-state index in [0.29, 0.717) is 12.0 Å². The van der Waals surface area contributed by atoms with Crippen LogP contribution in [0.15, 0.2) is 0 Å². The van der Waals surface area contributed by atoms with E-state index in [1.165, 1.54) is 0 Å². The Morgan fingerprint density at radius 3 is 2.33 bits per heavy atom. The van der Waals surface area contributed by atoms with Gasteiger partial charge in [0.1, 0.15) is 0 Å².